The maximum atomic E-state index is 13.2. The second-order valence-corrected chi connectivity index (χ2v) is 9.79. The summed E-state index contributed by atoms with van der Waals surface area (Å²) in [6.45, 7) is 0.445. The van der Waals surface area contributed by atoms with Gasteiger partial charge >= 0.3 is 5.97 Å². The van der Waals surface area contributed by atoms with Crippen molar-refractivity contribution in [2.45, 2.75) is 19.1 Å². The number of fused-ring (bicyclic) bond motifs is 1. The molecule has 1 aromatic heterocycles. The van der Waals surface area contributed by atoms with Gasteiger partial charge in [-0.2, -0.15) is 0 Å². The van der Waals surface area contributed by atoms with E-state index in [2.05, 4.69) is 5.32 Å². The summed E-state index contributed by atoms with van der Waals surface area (Å²) < 4.78 is 7.58. The van der Waals surface area contributed by atoms with Crippen molar-refractivity contribution >= 4 is 34.4 Å². The number of nitrogens with one attached hydrogen (secondary N) is 1. The number of nitrogens with zero attached hydrogens (tertiary/aromatic N) is 1. The van der Waals surface area contributed by atoms with E-state index >= 15 is 0 Å². The first-order valence-electron chi connectivity index (χ1n) is 12.5. The smallest absolute Gasteiger partial charge is 0.326 e. The summed E-state index contributed by atoms with van der Waals surface area (Å²) in [6, 6.07) is 31.3. The number of amides is 1. The molecule has 1 atom stereocenters. The Labute approximate surface area is 231 Å². The largest absolute Gasteiger partial charge is 0.489 e. The highest BCUT2D eigenvalue weighted by Gasteiger charge is 2.23. The Morgan fingerprint density at radius 3 is 2.26 bits per heavy atom. The molecular weight excluding hydrogens is 512 g/mol. The molecule has 2 N–H and O–H groups in total. The van der Waals surface area contributed by atoms with Gasteiger partial charge in [0.2, 0.25) is 0 Å². The number of carboxylic acids is 1. The van der Waals surface area contributed by atoms with Crippen LogP contribution in [0.1, 0.15) is 21.6 Å². The summed E-state index contributed by atoms with van der Waals surface area (Å²) in [5.41, 5.74) is 5.10. The monoisotopic (exact) mass is 538 g/mol. The van der Waals surface area contributed by atoms with Gasteiger partial charge in [0.1, 0.15) is 24.1 Å². The Kier molecular flexibility index (Phi) is 7.66. The second kappa shape index (κ2) is 11.5. The number of aryl methyl sites for hydroxylation is 1. The fourth-order valence-corrected chi connectivity index (χ4v) is 4.65. The minimum absolute atomic E-state index is 0.144. The van der Waals surface area contributed by atoms with Crippen LogP contribution in [0.25, 0.3) is 22.0 Å². The summed E-state index contributed by atoms with van der Waals surface area (Å²) in [4.78, 5) is 25.2. The van der Waals surface area contributed by atoms with Crippen molar-refractivity contribution in [3.05, 3.63) is 125 Å². The zero-order valence-electron chi connectivity index (χ0n) is 21.3. The number of benzene rings is 4. The average Bonchev–Trinajstić information content (AvgIpc) is 3.29. The van der Waals surface area contributed by atoms with Gasteiger partial charge in [-0.15, -0.1) is 0 Å². The number of carboxylic acid groups (broad SMARTS) is 1. The SMILES string of the molecule is Cn1c(C(=O)N[C@@H](Cc2ccc(OCc3ccccc3)cc2)C(=O)O)cc2cc(-c3ccc(Cl)cc3)ccc21. The number of carbonyl (C=O) groups excluding carboxylic acids is 1. The number of aliphatic carboxylic acids is 1. The quantitative estimate of drug-likeness (QED) is 0.224. The predicted octanol–water partition coefficient (Wildman–Crippen LogP) is 6.50. The van der Waals surface area contributed by atoms with Crippen LogP contribution < -0.4 is 10.1 Å². The van der Waals surface area contributed by atoms with Crippen LogP contribution in [-0.4, -0.2) is 27.6 Å². The number of ether oxygens (including phenoxy) is 1. The van der Waals surface area contributed by atoms with Crippen molar-refractivity contribution in [3.63, 3.8) is 0 Å². The zero-order chi connectivity index (χ0) is 27.4. The number of aromatic nitrogens is 1. The molecule has 0 unspecified atom stereocenters. The van der Waals surface area contributed by atoms with Gasteiger partial charge < -0.3 is 19.7 Å². The van der Waals surface area contributed by atoms with Crippen LogP contribution in [0.5, 0.6) is 5.75 Å². The molecule has 4 aromatic carbocycles. The first-order valence-corrected chi connectivity index (χ1v) is 12.9. The lowest BCUT2D eigenvalue weighted by atomic mass is 10.0. The van der Waals surface area contributed by atoms with E-state index in [9.17, 15) is 14.7 Å². The lowest BCUT2D eigenvalue weighted by Crippen LogP contribution is -2.42. The first kappa shape index (κ1) is 26.1. The molecule has 0 aliphatic heterocycles. The summed E-state index contributed by atoms with van der Waals surface area (Å²) >= 11 is 6.01. The van der Waals surface area contributed by atoms with Crippen LogP contribution >= 0.6 is 11.6 Å². The lowest BCUT2D eigenvalue weighted by Gasteiger charge is -2.15. The van der Waals surface area contributed by atoms with Crippen molar-refractivity contribution < 1.29 is 19.4 Å². The summed E-state index contributed by atoms with van der Waals surface area (Å²) in [5.74, 6) is -0.861. The molecule has 7 heteroatoms. The van der Waals surface area contributed by atoms with Gasteiger partial charge in [0.05, 0.1) is 0 Å². The number of hydrogen-bond acceptors (Lipinski definition) is 3. The van der Waals surface area contributed by atoms with Gasteiger partial charge in [0.15, 0.2) is 0 Å². The van der Waals surface area contributed by atoms with Crippen molar-refractivity contribution in [1.82, 2.24) is 9.88 Å². The van der Waals surface area contributed by atoms with E-state index in [0.717, 1.165) is 33.2 Å². The van der Waals surface area contributed by atoms with Crippen molar-refractivity contribution in [2.24, 2.45) is 7.05 Å². The highest BCUT2D eigenvalue weighted by molar-refractivity contribution is 6.30. The number of halogens is 1. The standard InChI is InChI=1S/C32H27ClN2O4/c1-35-29-16-11-24(23-9-12-26(33)13-10-23)18-25(29)19-30(35)31(36)34-28(32(37)38)17-21-7-14-27(15-8-21)39-20-22-5-3-2-4-6-22/h2-16,18-19,28H,17,20H2,1H3,(H,34,36)(H,37,38)/t28-/m0/s1. The second-order valence-electron chi connectivity index (χ2n) is 9.36. The third-order valence-electron chi connectivity index (χ3n) is 6.67. The molecule has 196 valence electrons. The van der Waals surface area contributed by atoms with Gasteiger partial charge in [-0.05, 0) is 64.7 Å². The van der Waals surface area contributed by atoms with Crippen molar-refractivity contribution in [1.29, 1.82) is 0 Å². The Morgan fingerprint density at radius 2 is 1.56 bits per heavy atom. The number of carbonyl (C=O) groups is 2. The molecule has 0 aliphatic carbocycles. The van der Waals surface area contributed by atoms with Crippen LogP contribution in [0, 0.1) is 0 Å². The first-order chi connectivity index (χ1) is 18.9. The molecule has 0 saturated heterocycles. The fourth-order valence-electron chi connectivity index (χ4n) is 4.52. The van der Waals surface area contributed by atoms with E-state index in [-0.39, 0.29) is 6.42 Å². The third-order valence-corrected chi connectivity index (χ3v) is 6.92. The minimum atomic E-state index is -1.10. The molecule has 5 aromatic rings. The highest BCUT2D eigenvalue weighted by atomic mass is 35.5. The van der Waals surface area contributed by atoms with Crippen LogP contribution in [0.2, 0.25) is 5.02 Å². The maximum Gasteiger partial charge on any atom is 0.326 e. The zero-order valence-corrected chi connectivity index (χ0v) is 22.1. The van der Waals surface area contributed by atoms with E-state index in [0.29, 0.717) is 23.1 Å². The third kappa shape index (κ3) is 6.13. The van der Waals surface area contributed by atoms with E-state index in [1.807, 2.05) is 84.9 Å². The Bertz CT molecular complexity index is 1610. The van der Waals surface area contributed by atoms with Gasteiger partial charge in [0, 0.05) is 29.4 Å². The summed E-state index contributed by atoms with van der Waals surface area (Å²) in [6.07, 6.45) is 0.144. The average molecular weight is 539 g/mol. The van der Waals surface area contributed by atoms with Gasteiger partial charge in [-0.25, -0.2) is 4.79 Å². The molecule has 0 spiro atoms. The number of hydrogen-bond donors (Lipinski definition) is 2. The maximum absolute atomic E-state index is 13.2. The molecule has 39 heavy (non-hydrogen) atoms. The van der Waals surface area contributed by atoms with Gasteiger partial charge in [-0.3, -0.25) is 4.79 Å². The van der Waals surface area contributed by atoms with Crippen molar-refractivity contribution in [2.75, 3.05) is 0 Å². The number of rotatable bonds is 9. The van der Waals surface area contributed by atoms with Gasteiger partial charge in [0.25, 0.3) is 5.91 Å². The van der Waals surface area contributed by atoms with Crippen LogP contribution in [0.3, 0.4) is 0 Å². The molecule has 0 fully saturated rings. The Balaban J connectivity index is 1.27. The highest BCUT2D eigenvalue weighted by Crippen LogP contribution is 2.27. The molecule has 5 rings (SSSR count). The lowest BCUT2D eigenvalue weighted by molar-refractivity contribution is -0.139. The molecule has 1 heterocycles. The van der Waals surface area contributed by atoms with Crippen molar-refractivity contribution in [3.8, 4) is 16.9 Å². The topological polar surface area (TPSA) is 80.6 Å². The molecule has 0 aliphatic rings. The predicted molar refractivity (Wildman–Crippen MR) is 153 cm³/mol. The Morgan fingerprint density at radius 1 is 0.872 bits per heavy atom. The van der Waals surface area contributed by atoms with Crippen LogP contribution in [0.15, 0.2) is 103 Å². The van der Waals surface area contributed by atoms with E-state index < -0.39 is 17.9 Å². The van der Waals surface area contributed by atoms with Crippen LogP contribution in [-0.2, 0) is 24.9 Å². The summed E-state index contributed by atoms with van der Waals surface area (Å²) in [7, 11) is 1.79. The molecule has 0 saturated carbocycles. The minimum Gasteiger partial charge on any atom is -0.489 e. The van der Waals surface area contributed by atoms with Crippen LogP contribution in [0.4, 0.5) is 0 Å². The van der Waals surface area contributed by atoms with E-state index in [1.54, 1.807) is 29.8 Å². The molecule has 0 radical (unpaired) electrons. The molecule has 1 amide bonds. The van der Waals surface area contributed by atoms with E-state index in [1.165, 1.54) is 0 Å². The van der Waals surface area contributed by atoms with Gasteiger partial charge in [-0.1, -0.05) is 72.3 Å². The molecular formula is C32H27ClN2O4. The fraction of sp³-hybridized carbons (Fsp3) is 0.125. The molecule has 0 bridgehead atoms. The van der Waals surface area contributed by atoms with E-state index in [4.69, 9.17) is 16.3 Å². The Hall–Kier alpha value is -4.55. The normalized spacial score (nSPS) is 11.7. The molecule has 6 nitrogen and oxygen atoms in total. The summed E-state index contributed by atoms with van der Waals surface area (Å²) in [5, 5.41) is 14.1.